The van der Waals surface area contributed by atoms with Gasteiger partial charge in [0.2, 0.25) is 0 Å². The van der Waals surface area contributed by atoms with E-state index in [0.717, 1.165) is 41.0 Å². The Morgan fingerprint density at radius 2 is 1.51 bits per heavy atom. The Bertz CT molecular complexity index is 2030. The van der Waals surface area contributed by atoms with Gasteiger partial charge >= 0.3 is 12.5 Å². The number of halogens is 5. The number of sulfonamides is 1. The SMILES string of the molecule is COc1ccc(COc2cc3c(cc2NS(=O)(=O)c2ccc(OC(F)(F)F)cc2)C(Cc2cc(Br)c(OC)c(Br)c2)N(C(=O)OC(C)(C)C)CC3)cc1. The van der Waals surface area contributed by atoms with Gasteiger partial charge in [0, 0.05) is 6.54 Å². The number of hydrogen-bond acceptors (Lipinski definition) is 8. The van der Waals surface area contributed by atoms with Crippen LogP contribution in [0.1, 0.15) is 49.1 Å². The molecule has 5 rings (SSSR count). The fraction of sp³-hybridized carbons (Fsp3) is 0.324. The van der Waals surface area contributed by atoms with Gasteiger partial charge in [0.05, 0.1) is 39.8 Å². The molecule has 0 radical (unpaired) electrons. The summed E-state index contributed by atoms with van der Waals surface area (Å²) in [7, 11) is -1.28. The zero-order chi connectivity index (χ0) is 38.7. The number of amides is 1. The van der Waals surface area contributed by atoms with Crippen LogP contribution in [-0.4, -0.2) is 52.1 Å². The lowest BCUT2D eigenvalue weighted by Gasteiger charge is -2.39. The minimum Gasteiger partial charge on any atom is -0.497 e. The number of carbonyl (C=O) groups is 1. The van der Waals surface area contributed by atoms with E-state index in [1.54, 1.807) is 64.2 Å². The molecule has 4 aromatic carbocycles. The lowest BCUT2D eigenvalue weighted by atomic mass is 9.88. The van der Waals surface area contributed by atoms with Crippen LogP contribution in [0.25, 0.3) is 0 Å². The highest BCUT2D eigenvalue weighted by molar-refractivity contribution is 9.11. The number of benzene rings is 4. The summed E-state index contributed by atoms with van der Waals surface area (Å²) >= 11 is 7.11. The molecule has 16 heteroatoms. The van der Waals surface area contributed by atoms with Gasteiger partial charge in [0.1, 0.15) is 35.2 Å². The highest BCUT2D eigenvalue weighted by Crippen LogP contribution is 2.42. The first kappa shape index (κ1) is 40.0. The van der Waals surface area contributed by atoms with E-state index in [4.69, 9.17) is 18.9 Å². The van der Waals surface area contributed by atoms with Crippen LogP contribution in [0.2, 0.25) is 0 Å². The molecule has 1 aliphatic rings. The number of alkyl halides is 3. The molecule has 1 atom stereocenters. The van der Waals surface area contributed by atoms with Crippen molar-refractivity contribution in [3.8, 4) is 23.0 Å². The van der Waals surface area contributed by atoms with E-state index < -0.39 is 39.9 Å². The summed E-state index contributed by atoms with van der Waals surface area (Å²) < 4.78 is 96.4. The third-order valence-electron chi connectivity index (χ3n) is 8.08. The second-order valence-electron chi connectivity index (χ2n) is 13.0. The molecule has 10 nitrogen and oxygen atoms in total. The van der Waals surface area contributed by atoms with Gasteiger partial charge in [-0.1, -0.05) is 12.1 Å². The van der Waals surface area contributed by atoms with E-state index in [1.165, 1.54) is 0 Å². The highest BCUT2D eigenvalue weighted by atomic mass is 79.9. The van der Waals surface area contributed by atoms with Crippen molar-refractivity contribution < 1.29 is 50.1 Å². The third-order valence-corrected chi connectivity index (χ3v) is 10.6. The summed E-state index contributed by atoms with van der Waals surface area (Å²) in [6, 6.07) is 17.5. The number of ether oxygens (including phenoxy) is 5. The number of methoxy groups -OCH3 is 2. The quantitative estimate of drug-likeness (QED) is 0.159. The largest absolute Gasteiger partial charge is 0.573 e. The van der Waals surface area contributed by atoms with E-state index in [9.17, 15) is 26.4 Å². The first-order chi connectivity index (χ1) is 24.9. The number of anilines is 1. The summed E-state index contributed by atoms with van der Waals surface area (Å²) in [5.41, 5.74) is 2.35. The molecule has 284 valence electrons. The Kier molecular flexibility index (Phi) is 12.1. The monoisotopic (exact) mass is 884 g/mol. The Morgan fingerprint density at radius 1 is 0.887 bits per heavy atom. The van der Waals surface area contributed by atoms with E-state index in [0.29, 0.717) is 45.4 Å². The predicted molar refractivity (Wildman–Crippen MR) is 199 cm³/mol. The lowest BCUT2D eigenvalue weighted by molar-refractivity contribution is -0.274. The molecule has 0 saturated heterocycles. The second-order valence-corrected chi connectivity index (χ2v) is 16.4. The van der Waals surface area contributed by atoms with E-state index >= 15 is 0 Å². The molecular weight excluding hydrogens is 849 g/mol. The molecule has 0 spiro atoms. The number of nitrogens with one attached hydrogen (secondary N) is 1. The smallest absolute Gasteiger partial charge is 0.497 e. The Labute approximate surface area is 322 Å². The molecule has 1 N–H and O–H groups in total. The molecule has 0 saturated carbocycles. The van der Waals surface area contributed by atoms with Gasteiger partial charge in [-0.3, -0.25) is 4.72 Å². The van der Waals surface area contributed by atoms with Crippen molar-refractivity contribution in [2.75, 3.05) is 25.5 Å². The van der Waals surface area contributed by atoms with Crippen LogP contribution in [-0.2, 0) is 34.2 Å². The minimum atomic E-state index is -4.94. The molecule has 53 heavy (non-hydrogen) atoms. The van der Waals surface area contributed by atoms with Gasteiger partial charge < -0.3 is 28.6 Å². The third kappa shape index (κ3) is 10.3. The fourth-order valence-electron chi connectivity index (χ4n) is 5.74. The van der Waals surface area contributed by atoms with E-state index in [-0.39, 0.29) is 22.9 Å². The van der Waals surface area contributed by atoms with E-state index in [1.807, 2.05) is 24.3 Å². The molecule has 1 heterocycles. The second kappa shape index (κ2) is 16.1. The number of carbonyl (C=O) groups excluding carboxylic acids is 1. The Balaban J connectivity index is 1.58. The van der Waals surface area contributed by atoms with Crippen LogP contribution in [0, 0.1) is 0 Å². The van der Waals surface area contributed by atoms with E-state index in [2.05, 4.69) is 41.3 Å². The van der Waals surface area contributed by atoms with Gasteiger partial charge in [-0.25, -0.2) is 13.2 Å². The molecule has 1 aliphatic heterocycles. The summed E-state index contributed by atoms with van der Waals surface area (Å²) in [6.07, 6.45) is -4.76. The van der Waals surface area contributed by atoms with Gasteiger partial charge in [-0.05, 0) is 148 Å². The van der Waals surface area contributed by atoms with Crippen molar-refractivity contribution in [1.82, 2.24) is 4.90 Å². The molecular formula is C37H37Br2F3N2O8S. The zero-order valence-electron chi connectivity index (χ0n) is 29.3. The highest BCUT2D eigenvalue weighted by Gasteiger charge is 2.36. The summed E-state index contributed by atoms with van der Waals surface area (Å²) in [6.45, 7) is 5.70. The average Bonchev–Trinajstić information content (AvgIpc) is 3.06. The van der Waals surface area contributed by atoms with Crippen molar-refractivity contribution in [3.05, 3.63) is 104 Å². The summed E-state index contributed by atoms with van der Waals surface area (Å²) in [5, 5.41) is 0. The number of hydrogen-bond donors (Lipinski definition) is 1. The normalized spacial score (nSPS) is 14.6. The fourth-order valence-corrected chi connectivity index (χ4v) is 8.41. The lowest BCUT2D eigenvalue weighted by Crippen LogP contribution is -2.43. The van der Waals surface area contributed by atoms with Crippen LogP contribution >= 0.6 is 31.9 Å². The summed E-state index contributed by atoms with van der Waals surface area (Å²) in [4.78, 5) is 15.0. The van der Waals surface area contributed by atoms with Crippen LogP contribution in [0.3, 0.4) is 0 Å². The average molecular weight is 887 g/mol. The maximum atomic E-state index is 13.7. The van der Waals surface area contributed by atoms with Crippen molar-refractivity contribution in [3.63, 3.8) is 0 Å². The molecule has 4 aromatic rings. The summed E-state index contributed by atoms with van der Waals surface area (Å²) in [5.74, 6) is 0.879. The molecule has 0 aliphatic carbocycles. The Morgan fingerprint density at radius 3 is 2.08 bits per heavy atom. The minimum absolute atomic E-state index is 0.0565. The van der Waals surface area contributed by atoms with Gasteiger partial charge in [0.15, 0.2) is 0 Å². The first-order valence-corrected chi connectivity index (χ1v) is 19.3. The van der Waals surface area contributed by atoms with Crippen molar-refractivity contribution >= 4 is 53.7 Å². The van der Waals surface area contributed by atoms with Crippen LogP contribution < -0.4 is 23.7 Å². The zero-order valence-corrected chi connectivity index (χ0v) is 33.3. The standard InChI is InChI=1S/C37H37Br2F3N2O8S/c1-36(2,3)52-35(45)44-15-14-24-19-33(50-21-22-6-8-25(48-4)9-7-22)31(43-53(46,47)27-12-10-26(11-13-27)51-37(40,41)42)20-28(24)32(44)18-23-16-29(38)34(49-5)30(39)17-23/h6-13,16-17,19-20,32,43H,14-15,18,21H2,1-5H3. The maximum absolute atomic E-state index is 13.7. The van der Waals surface area contributed by atoms with Crippen LogP contribution in [0.5, 0.6) is 23.0 Å². The molecule has 0 bridgehead atoms. The molecule has 0 fully saturated rings. The first-order valence-electron chi connectivity index (χ1n) is 16.2. The van der Waals surface area contributed by atoms with Crippen molar-refractivity contribution in [2.24, 2.45) is 0 Å². The van der Waals surface area contributed by atoms with Crippen LogP contribution in [0.15, 0.2) is 86.6 Å². The Hall–Kier alpha value is -4.15. The predicted octanol–water partition coefficient (Wildman–Crippen LogP) is 9.58. The van der Waals surface area contributed by atoms with Crippen molar-refractivity contribution in [2.45, 2.75) is 63.1 Å². The van der Waals surface area contributed by atoms with Crippen LogP contribution in [0.4, 0.5) is 23.7 Å². The van der Waals surface area contributed by atoms with Gasteiger partial charge in [-0.15, -0.1) is 13.2 Å². The molecule has 0 aromatic heterocycles. The van der Waals surface area contributed by atoms with Gasteiger partial charge in [-0.2, -0.15) is 0 Å². The maximum Gasteiger partial charge on any atom is 0.573 e. The van der Waals surface area contributed by atoms with Crippen molar-refractivity contribution in [1.29, 1.82) is 0 Å². The molecule has 1 amide bonds. The number of fused-ring (bicyclic) bond motifs is 1. The molecule has 1 unspecified atom stereocenters. The number of rotatable bonds is 11. The number of nitrogens with zero attached hydrogens (tertiary/aromatic N) is 1. The topological polar surface area (TPSA) is 113 Å². The van der Waals surface area contributed by atoms with Gasteiger partial charge in [0.25, 0.3) is 10.0 Å².